The van der Waals surface area contributed by atoms with Crippen LogP contribution in [0, 0.1) is 0 Å². The van der Waals surface area contributed by atoms with Crippen LogP contribution in [0.25, 0.3) is 33.2 Å². The topological polar surface area (TPSA) is 48.0 Å². The molecule has 1 aromatic heterocycles. The predicted molar refractivity (Wildman–Crippen MR) is 165 cm³/mol. The van der Waals surface area contributed by atoms with Crippen LogP contribution in [-0.4, -0.2) is 26.1 Å². The second kappa shape index (κ2) is 11.3. The number of aryl methyl sites for hydroxylation is 1. The molecule has 1 saturated heterocycles. The van der Waals surface area contributed by atoms with Crippen molar-refractivity contribution in [2.24, 2.45) is 0 Å². The van der Waals surface area contributed by atoms with E-state index in [9.17, 15) is 4.79 Å². The van der Waals surface area contributed by atoms with Gasteiger partial charge in [-0.25, -0.2) is 9.63 Å². The van der Waals surface area contributed by atoms with Gasteiger partial charge in [-0.3, -0.25) is 0 Å². The highest BCUT2D eigenvalue weighted by molar-refractivity contribution is 7.16. The Bertz CT molecular complexity index is 1630. The van der Waals surface area contributed by atoms with Gasteiger partial charge in [-0.15, -0.1) is 11.3 Å². The zero-order chi connectivity index (χ0) is 27.8. The third-order valence-electron chi connectivity index (χ3n) is 8.38. The van der Waals surface area contributed by atoms with Crippen LogP contribution in [0.5, 0.6) is 0 Å². The van der Waals surface area contributed by atoms with Gasteiger partial charge in [0.25, 0.3) is 0 Å². The molecule has 4 aromatic rings. The Morgan fingerprint density at radius 2 is 1.76 bits per heavy atom. The van der Waals surface area contributed by atoms with Gasteiger partial charge in [-0.1, -0.05) is 54.6 Å². The van der Waals surface area contributed by atoms with Gasteiger partial charge < -0.3 is 9.47 Å². The molecule has 0 unspecified atom stereocenters. The third kappa shape index (κ3) is 5.12. The minimum absolute atomic E-state index is 0.457. The molecular weight excluding hydrogens is 530 g/mol. The molecule has 1 atom stereocenters. The van der Waals surface area contributed by atoms with Crippen LogP contribution in [0.1, 0.15) is 52.8 Å². The molecule has 0 saturated carbocycles. The van der Waals surface area contributed by atoms with Crippen LogP contribution in [0.4, 0.5) is 10.5 Å². The van der Waals surface area contributed by atoms with Crippen molar-refractivity contribution >= 4 is 34.8 Å². The van der Waals surface area contributed by atoms with Crippen LogP contribution in [-0.2, 0) is 33.6 Å². The zero-order valence-corrected chi connectivity index (χ0v) is 24.0. The number of carbonyl (C=O) groups is 1. The molecule has 5 nitrogen and oxygen atoms in total. The van der Waals surface area contributed by atoms with Crippen molar-refractivity contribution in [3.8, 4) is 21.6 Å². The minimum atomic E-state index is -0.570. The van der Waals surface area contributed by atoms with Gasteiger partial charge in [0.2, 0.25) is 0 Å². The first-order valence-electron chi connectivity index (χ1n) is 14.5. The van der Waals surface area contributed by atoms with Gasteiger partial charge in [-0.2, -0.15) is 5.06 Å². The molecule has 0 N–H and O–H groups in total. The first kappa shape index (κ1) is 26.2. The van der Waals surface area contributed by atoms with E-state index in [0.717, 1.165) is 55.4 Å². The van der Waals surface area contributed by atoms with Crippen LogP contribution < -0.4 is 5.06 Å². The van der Waals surface area contributed by atoms with Crippen LogP contribution in [0.15, 0.2) is 72.8 Å². The van der Waals surface area contributed by atoms with Crippen LogP contribution in [0.2, 0.25) is 0 Å². The fourth-order valence-electron chi connectivity index (χ4n) is 6.31. The van der Waals surface area contributed by atoms with Crippen molar-refractivity contribution in [3.63, 3.8) is 0 Å². The summed E-state index contributed by atoms with van der Waals surface area (Å²) in [5.41, 5.74) is 11.7. The third-order valence-corrected chi connectivity index (χ3v) is 9.59. The molecular formula is C35H33NO4S. The number of ether oxygens (including phenoxy) is 2. The molecule has 7 rings (SSSR count). The first-order chi connectivity index (χ1) is 20.2. The molecule has 1 aliphatic heterocycles. The maximum Gasteiger partial charge on any atom is 0.438 e. The Hall–Kier alpha value is -3.71. The molecule has 3 aliphatic rings. The molecule has 6 heteroatoms. The summed E-state index contributed by atoms with van der Waals surface area (Å²) in [7, 11) is 1.36. The highest BCUT2D eigenvalue weighted by Crippen LogP contribution is 2.42. The molecule has 2 aliphatic carbocycles. The number of hydroxylamine groups is 1. The fraction of sp³-hybridized carbons (Fsp3) is 0.286. The molecule has 0 spiro atoms. The number of hydrogen-bond donors (Lipinski definition) is 0. The summed E-state index contributed by atoms with van der Waals surface area (Å²) >= 11 is 1.79. The zero-order valence-electron chi connectivity index (χ0n) is 23.2. The maximum atomic E-state index is 12.6. The number of methoxy groups -OCH3 is 1. The normalized spacial score (nSPS) is 17.6. The molecule has 3 aromatic carbocycles. The Balaban J connectivity index is 1.15. The van der Waals surface area contributed by atoms with Crippen molar-refractivity contribution in [2.75, 3.05) is 18.8 Å². The van der Waals surface area contributed by atoms with Gasteiger partial charge in [-0.05, 0) is 107 Å². The van der Waals surface area contributed by atoms with E-state index in [2.05, 4.69) is 60.7 Å². The van der Waals surface area contributed by atoms with Crippen molar-refractivity contribution in [3.05, 3.63) is 99.9 Å². The summed E-state index contributed by atoms with van der Waals surface area (Å²) < 4.78 is 10.7. The summed E-state index contributed by atoms with van der Waals surface area (Å²) in [5.74, 6) is 0. The molecule has 208 valence electrons. The monoisotopic (exact) mass is 563 g/mol. The molecule has 0 bridgehead atoms. The summed E-state index contributed by atoms with van der Waals surface area (Å²) in [4.78, 5) is 21.0. The Labute approximate surface area is 244 Å². The van der Waals surface area contributed by atoms with Gasteiger partial charge >= 0.3 is 6.09 Å². The van der Waals surface area contributed by atoms with E-state index in [1.807, 2.05) is 18.2 Å². The fourth-order valence-corrected chi connectivity index (χ4v) is 7.36. The predicted octanol–water partition coefficient (Wildman–Crippen LogP) is 8.70. The van der Waals surface area contributed by atoms with E-state index < -0.39 is 12.4 Å². The van der Waals surface area contributed by atoms with E-state index in [4.69, 9.17) is 14.3 Å². The van der Waals surface area contributed by atoms with Crippen molar-refractivity contribution in [2.45, 2.75) is 51.2 Å². The number of rotatable bonds is 5. The number of hydrogen-bond acceptors (Lipinski definition) is 5. The molecule has 1 fully saturated rings. The Morgan fingerprint density at radius 1 is 0.878 bits per heavy atom. The largest absolute Gasteiger partial charge is 0.451 e. The van der Waals surface area contributed by atoms with E-state index in [-0.39, 0.29) is 0 Å². The van der Waals surface area contributed by atoms with Crippen molar-refractivity contribution < 1.29 is 19.1 Å². The summed E-state index contributed by atoms with van der Waals surface area (Å²) in [6.45, 7) is 0.633. The van der Waals surface area contributed by atoms with Crippen LogP contribution >= 0.6 is 11.3 Å². The average molecular weight is 564 g/mol. The molecule has 41 heavy (non-hydrogen) atoms. The van der Waals surface area contributed by atoms with Gasteiger partial charge in [0.1, 0.15) is 0 Å². The minimum Gasteiger partial charge on any atom is -0.451 e. The second-order valence-electron chi connectivity index (χ2n) is 10.9. The number of thiophene rings is 1. The standard InChI is InChI=1S/C35H33NO4S/c1-38-35(37)36(40-34-11-4-5-20-39-34)27-9-6-8-25(22-27)32-18-19-33(41-32)26-14-15-29-24(21-26)13-17-30-28-10-3-2-7-23(28)12-16-31(29)30/h2-3,6-10,13,17-19,21-22,34H,4-5,11-12,14-16,20H2,1H3/t34-/m0/s1. The lowest BCUT2D eigenvalue weighted by molar-refractivity contribution is -0.165. The van der Waals surface area contributed by atoms with Crippen molar-refractivity contribution in [1.82, 2.24) is 0 Å². The molecule has 1 amide bonds. The van der Waals surface area contributed by atoms with E-state index in [0.29, 0.717) is 12.3 Å². The van der Waals surface area contributed by atoms with Crippen molar-refractivity contribution in [1.29, 1.82) is 0 Å². The number of amides is 1. The lowest BCUT2D eigenvalue weighted by Crippen LogP contribution is -2.37. The summed E-state index contributed by atoms with van der Waals surface area (Å²) in [6, 6.07) is 25.7. The van der Waals surface area contributed by atoms with Gasteiger partial charge in [0, 0.05) is 22.8 Å². The first-order valence-corrected chi connectivity index (χ1v) is 15.3. The SMILES string of the molecule is COC(=O)N(O[C@H]1CCCCO1)c1cccc(-c2ccc(C3=Cc4ccc5c(c4CC3)CCc3ccccc3-5)s2)c1. The lowest BCUT2D eigenvalue weighted by Gasteiger charge is -2.28. The van der Waals surface area contributed by atoms with E-state index in [1.54, 1.807) is 11.3 Å². The number of nitrogens with zero attached hydrogens (tertiary/aromatic N) is 1. The number of fused-ring (bicyclic) bond motifs is 5. The summed E-state index contributed by atoms with van der Waals surface area (Å²) in [5, 5.41) is 1.22. The van der Waals surface area contributed by atoms with E-state index >= 15 is 0 Å². The quantitative estimate of drug-likeness (QED) is 0.228. The highest BCUT2D eigenvalue weighted by atomic mass is 32.1. The van der Waals surface area contributed by atoms with Gasteiger partial charge in [0.05, 0.1) is 12.8 Å². The Morgan fingerprint density at radius 3 is 2.63 bits per heavy atom. The highest BCUT2D eigenvalue weighted by Gasteiger charge is 2.26. The number of allylic oxidation sites excluding steroid dienone is 1. The molecule has 2 heterocycles. The average Bonchev–Trinajstić information content (AvgIpc) is 3.54. The summed E-state index contributed by atoms with van der Waals surface area (Å²) in [6.07, 6.45) is 8.48. The molecule has 0 radical (unpaired) electrons. The van der Waals surface area contributed by atoms with E-state index in [1.165, 1.54) is 56.0 Å². The lowest BCUT2D eigenvalue weighted by atomic mass is 9.78. The van der Waals surface area contributed by atoms with Crippen LogP contribution in [0.3, 0.4) is 0 Å². The van der Waals surface area contributed by atoms with Gasteiger partial charge in [0.15, 0.2) is 6.29 Å². The maximum absolute atomic E-state index is 12.6. The Kier molecular flexibility index (Phi) is 7.21. The smallest absolute Gasteiger partial charge is 0.438 e. The number of anilines is 1. The second-order valence-corrected chi connectivity index (χ2v) is 12.0. The number of benzene rings is 3. The number of carbonyl (C=O) groups excluding carboxylic acids is 1.